The van der Waals surface area contributed by atoms with Crippen molar-refractivity contribution >= 4 is 5.91 Å². The van der Waals surface area contributed by atoms with Gasteiger partial charge in [0.15, 0.2) is 0 Å². The Morgan fingerprint density at radius 1 is 1.35 bits per heavy atom. The van der Waals surface area contributed by atoms with Gasteiger partial charge >= 0.3 is 0 Å². The second-order valence-corrected chi connectivity index (χ2v) is 5.26. The summed E-state index contributed by atoms with van der Waals surface area (Å²) in [6.45, 7) is 5.33. The van der Waals surface area contributed by atoms with Gasteiger partial charge in [0, 0.05) is 6.04 Å². The van der Waals surface area contributed by atoms with Gasteiger partial charge in [-0.25, -0.2) is 0 Å². The molecule has 0 spiro atoms. The van der Waals surface area contributed by atoms with Crippen molar-refractivity contribution in [1.29, 1.82) is 0 Å². The highest BCUT2D eigenvalue weighted by molar-refractivity contribution is 5.82. The molecule has 1 fully saturated rings. The Hall–Kier alpha value is -0.570. The summed E-state index contributed by atoms with van der Waals surface area (Å²) >= 11 is 0. The Bertz CT molecular complexity index is 212. The second kappa shape index (κ2) is 8.51. The van der Waals surface area contributed by atoms with E-state index in [1.807, 2.05) is 0 Å². The lowest BCUT2D eigenvalue weighted by Crippen LogP contribution is -2.48. The Labute approximate surface area is 106 Å². The minimum absolute atomic E-state index is 0.0573. The fraction of sp³-hybridized carbons (Fsp3) is 0.929. The second-order valence-electron chi connectivity index (χ2n) is 5.26. The molecular formula is C14H28N2O. The van der Waals surface area contributed by atoms with Gasteiger partial charge < -0.3 is 10.6 Å². The molecule has 2 N–H and O–H groups in total. The van der Waals surface area contributed by atoms with E-state index in [9.17, 15) is 4.79 Å². The van der Waals surface area contributed by atoms with Crippen LogP contribution >= 0.6 is 0 Å². The van der Waals surface area contributed by atoms with Crippen LogP contribution in [0.15, 0.2) is 0 Å². The van der Waals surface area contributed by atoms with E-state index in [4.69, 9.17) is 0 Å². The molecule has 2 unspecified atom stereocenters. The number of piperidine rings is 1. The highest BCUT2D eigenvalue weighted by atomic mass is 16.2. The van der Waals surface area contributed by atoms with Crippen molar-refractivity contribution in [3.8, 4) is 0 Å². The van der Waals surface area contributed by atoms with Gasteiger partial charge in [0.25, 0.3) is 0 Å². The van der Waals surface area contributed by atoms with Gasteiger partial charge in [0.05, 0.1) is 6.04 Å². The van der Waals surface area contributed by atoms with Crippen molar-refractivity contribution in [2.75, 3.05) is 6.54 Å². The maximum Gasteiger partial charge on any atom is 0.237 e. The van der Waals surface area contributed by atoms with Gasteiger partial charge in [-0.15, -0.1) is 0 Å². The van der Waals surface area contributed by atoms with Crippen molar-refractivity contribution in [3.05, 3.63) is 0 Å². The van der Waals surface area contributed by atoms with E-state index in [0.29, 0.717) is 6.04 Å². The Balaban J connectivity index is 2.11. The minimum Gasteiger partial charge on any atom is -0.352 e. The summed E-state index contributed by atoms with van der Waals surface area (Å²) in [4.78, 5) is 11.9. The molecule has 1 aliphatic rings. The zero-order valence-electron chi connectivity index (χ0n) is 11.4. The van der Waals surface area contributed by atoms with Gasteiger partial charge in [-0.05, 0) is 32.7 Å². The van der Waals surface area contributed by atoms with Gasteiger partial charge in [0.2, 0.25) is 5.91 Å². The summed E-state index contributed by atoms with van der Waals surface area (Å²) in [6, 6.07) is 0.380. The molecule has 0 radical (unpaired) electrons. The number of rotatable bonds is 7. The average Bonchev–Trinajstić information content (AvgIpc) is 2.36. The first-order chi connectivity index (χ1) is 8.24. The van der Waals surface area contributed by atoms with Crippen molar-refractivity contribution in [2.24, 2.45) is 0 Å². The number of nitrogens with one attached hydrogen (secondary N) is 2. The molecule has 0 aromatic carbocycles. The largest absolute Gasteiger partial charge is 0.352 e. The van der Waals surface area contributed by atoms with E-state index >= 15 is 0 Å². The normalized spacial score (nSPS) is 22.1. The highest BCUT2D eigenvalue weighted by Gasteiger charge is 2.21. The van der Waals surface area contributed by atoms with Gasteiger partial charge in [-0.2, -0.15) is 0 Å². The highest BCUT2D eigenvalue weighted by Crippen LogP contribution is 2.09. The van der Waals surface area contributed by atoms with E-state index < -0.39 is 0 Å². The van der Waals surface area contributed by atoms with Crippen LogP contribution in [0.25, 0.3) is 0 Å². The van der Waals surface area contributed by atoms with Crippen LogP contribution in [0.5, 0.6) is 0 Å². The van der Waals surface area contributed by atoms with Gasteiger partial charge in [0.1, 0.15) is 0 Å². The van der Waals surface area contributed by atoms with E-state index in [1.54, 1.807) is 0 Å². The van der Waals surface area contributed by atoms with Crippen LogP contribution in [0.1, 0.15) is 65.2 Å². The SMILES string of the molecule is CCCCCCC(C)NC(=O)C1CCCCN1. The zero-order valence-corrected chi connectivity index (χ0v) is 11.4. The van der Waals surface area contributed by atoms with E-state index in [2.05, 4.69) is 24.5 Å². The molecule has 1 saturated heterocycles. The molecule has 17 heavy (non-hydrogen) atoms. The van der Waals surface area contributed by atoms with E-state index in [-0.39, 0.29) is 11.9 Å². The molecule has 0 aliphatic carbocycles. The fourth-order valence-corrected chi connectivity index (χ4v) is 2.37. The number of hydrogen-bond donors (Lipinski definition) is 2. The molecular weight excluding hydrogens is 212 g/mol. The third-order valence-corrected chi connectivity index (χ3v) is 3.51. The van der Waals surface area contributed by atoms with Crippen LogP contribution in [0, 0.1) is 0 Å². The topological polar surface area (TPSA) is 41.1 Å². The van der Waals surface area contributed by atoms with Crippen LogP contribution in [-0.2, 0) is 4.79 Å². The molecule has 0 aromatic heterocycles. The van der Waals surface area contributed by atoms with Crippen molar-refractivity contribution in [3.63, 3.8) is 0 Å². The lowest BCUT2D eigenvalue weighted by atomic mass is 10.0. The molecule has 0 aromatic rings. The molecule has 1 amide bonds. The maximum absolute atomic E-state index is 11.9. The van der Waals surface area contributed by atoms with Crippen molar-refractivity contribution < 1.29 is 4.79 Å². The first-order valence-corrected chi connectivity index (χ1v) is 7.27. The molecule has 0 saturated carbocycles. The minimum atomic E-state index is 0.0573. The summed E-state index contributed by atoms with van der Waals surface area (Å²) < 4.78 is 0. The lowest BCUT2D eigenvalue weighted by molar-refractivity contribution is -0.124. The number of carbonyl (C=O) groups excluding carboxylic acids is 1. The summed E-state index contributed by atoms with van der Waals surface area (Å²) in [6.07, 6.45) is 9.59. The predicted molar refractivity (Wildman–Crippen MR) is 72.0 cm³/mol. The van der Waals surface area contributed by atoms with Crippen molar-refractivity contribution in [1.82, 2.24) is 10.6 Å². The third-order valence-electron chi connectivity index (χ3n) is 3.51. The monoisotopic (exact) mass is 240 g/mol. The lowest BCUT2D eigenvalue weighted by Gasteiger charge is -2.24. The molecule has 3 nitrogen and oxygen atoms in total. The quantitative estimate of drug-likeness (QED) is 0.672. The molecule has 2 atom stereocenters. The molecule has 1 heterocycles. The first-order valence-electron chi connectivity index (χ1n) is 7.27. The van der Waals surface area contributed by atoms with E-state index in [0.717, 1.165) is 19.4 Å². The summed E-state index contributed by atoms with van der Waals surface area (Å²) in [5, 5.41) is 6.41. The molecule has 1 rings (SSSR count). The molecule has 1 aliphatic heterocycles. The van der Waals surface area contributed by atoms with Gasteiger partial charge in [-0.1, -0.05) is 39.0 Å². The standard InChI is InChI=1S/C14H28N2O/c1-3-4-5-6-9-12(2)16-14(17)13-10-7-8-11-15-13/h12-13,15H,3-11H2,1-2H3,(H,16,17). The summed E-state index contributed by atoms with van der Waals surface area (Å²) in [7, 11) is 0. The van der Waals surface area contributed by atoms with Crippen LogP contribution in [-0.4, -0.2) is 24.5 Å². The zero-order chi connectivity index (χ0) is 12.5. The smallest absolute Gasteiger partial charge is 0.237 e. The third kappa shape index (κ3) is 6.06. The Kier molecular flexibility index (Phi) is 7.25. The van der Waals surface area contributed by atoms with Crippen LogP contribution < -0.4 is 10.6 Å². The Morgan fingerprint density at radius 2 is 2.18 bits per heavy atom. The van der Waals surface area contributed by atoms with Crippen LogP contribution in [0.4, 0.5) is 0 Å². The molecule has 0 bridgehead atoms. The average molecular weight is 240 g/mol. The number of hydrogen-bond acceptors (Lipinski definition) is 2. The van der Waals surface area contributed by atoms with Gasteiger partial charge in [-0.3, -0.25) is 4.79 Å². The maximum atomic E-state index is 11.9. The molecule has 3 heteroatoms. The Morgan fingerprint density at radius 3 is 2.82 bits per heavy atom. The molecule has 100 valence electrons. The summed E-state index contributed by atoms with van der Waals surface area (Å²) in [5.41, 5.74) is 0. The fourth-order valence-electron chi connectivity index (χ4n) is 2.37. The summed E-state index contributed by atoms with van der Waals surface area (Å²) in [5.74, 6) is 0.202. The predicted octanol–water partition coefficient (Wildman–Crippen LogP) is 2.60. The number of carbonyl (C=O) groups is 1. The van der Waals surface area contributed by atoms with E-state index in [1.165, 1.54) is 38.5 Å². The van der Waals surface area contributed by atoms with Crippen LogP contribution in [0.2, 0.25) is 0 Å². The number of unbranched alkanes of at least 4 members (excludes halogenated alkanes) is 3. The number of amides is 1. The van der Waals surface area contributed by atoms with Crippen molar-refractivity contribution in [2.45, 2.75) is 77.3 Å². The van der Waals surface area contributed by atoms with Crippen LogP contribution in [0.3, 0.4) is 0 Å². The first kappa shape index (κ1) is 14.5.